The van der Waals surface area contributed by atoms with Gasteiger partial charge in [-0.25, -0.2) is 4.98 Å². The van der Waals surface area contributed by atoms with Crippen molar-refractivity contribution in [2.24, 2.45) is 0 Å². The Morgan fingerprint density at radius 1 is 1.25 bits per heavy atom. The quantitative estimate of drug-likeness (QED) is 0.786. The number of nitrogens with zero attached hydrogens (tertiary/aromatic N) is 2. The van der Waals surface area contributed by atoms with E-state index >= 15 is 0 Å². The number of aromatic nitrogens is 2. The van der Waals surface area contributed by atoms with E-state index in [1.54, 1.807) is 17.0 Å². The van der Waals surface area contributed by atoms with Crippen molar-refractivity contribution in [1.82, 2.24) is 14.9 Å². The van der Waals surface area contributed by atoms with E-state index in [1.807, 2.05) is 24.3 Å². The Morgan fingerprint density at radius 2 is 2.12 bits per heavy atom. The number of hydrogen-bond donors (Lipinski definition) is 1. The monoisotopic (exact) mass is 323 g/mol. The Morgan fingerprint density at radius 3 is 2.96 bits per heavy atom. The zero-order valence-corrected chi connectivity index (χ0v) is 13.1. The molecule has 2 aromatic heterocycles. The maximum absolute atomic E-state index is 12.6. The molecule has 122 valence electrons. The number of piperidine rings is 1. The average Bonchev–Trinajstić information content (AvgIpc) is 3.06. The molecule has 1 aliphatic heterocycles. The van der Waals surface area contributed by atoms with Gasteiger partial charge in [0.15, 0.2) is 11.5 Å². The number of carbonyl (C=O) groups is 1. The standard InChI is InChI=1S/C18H17N3O3/c22-16-13(6-3-9-19-16)18(23)21-10-4-5-12(11-21)17-20-14-7-1-2-8-15(14)24-17/h1-3,6-9,12H,4-5,10-11H2,(H,19,22). The van der Waals surface area contributed by atoms with Crippen LogP contribution in [0.2, 0.25) is 0 Å². The largest absolute Gasteiger partial charge is 0.440 e. The normalized spacial score (nSPS) is 18.0. The van der Waals surface area contributed by atoms with Crippen LogP contribution in [0.4, 0.5) is 0 Å². The smallest absolute Gasteiger partial charge is 0.260 e. The number of hydrogen-bond acceptors (Lipinski definition) is 4. The summed E-state index contributed by atoms with van der Waals surface area (Å²) in [5, 5.41) is 0. The summed E-state index contributed by atoms with van der Waals surface area (Å²) in [6, 6.07) is 10.9. The third-order valence-corrected chi connectivity index (χ3v) is 4.42. The third kappa shape index (κ3) is 2.60. The van der Waals surface area contributed by atoms with Crippen LogP contribution in [0.1, 0.15) is 35.0 Å². The van der Waals surface area contributed by atoms with E-state index in [2.05, 4.69) is 9.97 Å². The van der Waals surface area contributed by atoms with E-state index in [0.717, 1.165) is 23.9 Å². The second kappa shape index (κ2) is 5.96. The van der Waals surface area contributed by atoms with Crippen LogP contribution in [0.15, 0.2) is 51.8 Å². The highest BCUT2D eigenvalue weighted by molar-refractivity contribution is 5.93. The number of benzene rings is 1. The number of pyridine rings is 1. The third-order valence-electron chi connectivity index (χ3n) is 4.42. The fourth-order valence-electron chi connectivity index (χ4n) is 3.19. The maximum Gasteiger partial charge on any atom is 0.260 e. The van der Waals surface area contributed by atoms with Gasteiger partial charge in [-0.1, -0.05) is 12.1 Å². The minimum atomic E-state index is -0.355. The second-order valence-electron chi connectivity index (χ2n) is 6.02. The van der Waals surface area contributed by atoms with E-state index in [0.29, 0.717) is 19.0 Å². The molecule has 1 aliphatic rings. The molecule has 0 bridgehead atoms. The molecule has 1 atom stereocenters. The molecule has 0 radical (unpaired) electrons. The number of oxazole rings is 1. The van der Waals surface area contributed by atoms with Gasteiger partial charge in [-0.15, -0.1) is 0 Å². The van der Waals surface area contributed by atoms with Crippen molar-refractivity contribution < 1.29 is 9.21 Å². The van der Waals surface area contributed by atoms with Crippen LogP contribution in [0, 0.1) is 0 Å². The first-order valence-electron chi connectivity index (χ1n) is 8.05. The Labute approximate surface area is 138 Å². The molecule has 1 N–H and O–H groups in total. The predicted octanol–water partition coefficient (Wildman–Crippen LogP) is 2.54. The fraction of sp³-hybridized carbons (Fsp3) is 0.278. The number of nitrogens with one attached hydrogen (secondary N) is 1. The summed E-state index contributed by atoms with van der Waals surface area (Å²) in [5.41, 5.74) is 1.41. The second-order valence-corrected chi connectivity index (χ2v) is 6.02. The Hall–Kier alpha value is -2.89. The summed E-state index contributed by atoms with van der Waals surface area (Å²) >= 11 is 0. The van der Waals surface area contributed by atoms with E-state index in [4.69, 9.17) is 4.42 Å². The van der Waals surface area contributed by atoms with Crippen molar-refractivity contribution in [2.75, 3.05) is 13.1 Å². The van der Waals surface area contributed by atoms with Gasteiger partial charge in [0.05, 0.1) is 5.92 Å². The first-order valence-corrected chi connectivity index (χ1v) is 8.05. The Kier molecular flexibility index (Phi) is 3.65. The zero-order chi connectivity index (χ0) is 16.5. The predicted molar refractivity (Wildman–Crippen MR) is 89.0 cm³/mol. The molecular weight excluding hydrogens is 306 g/mol. The highest BCUT2D eigenvalue weighted by Crippen LogP contribution is 2.29. The van der Waals surface area contributed by atoms with Crippen LogP contribution < -0.4 is 5.56 Å². The molecule has 1 saturated heterocycles. The number of aromatic amines is 1. The van der Waals surface area contributed by atoms with Gasteiger partial charge < -0.3 is 14.3 Å². The van der Waals surface area contributed by atoms with Crippen LogP contribution in [0.25, 0.3) is 11.1 Å². The van der Waals surface area contributed by atoms with Crippen LogP contribution in [-0.4, -0.2) is 33.9 Å². The number of H-pyrrole nitrogens is 1. The molecule has 0 saturated carbocycles. The van der Waals surface area contributed by atoms with Crippen molar-refractivity contribution in [1.29, 1.82) is 0 Å². The molecular formula is C18H17N3O3. The summed E-state index contributed by atoms with van der Waals surface area (Å²) in [5.74, 6) is 0.478. The van der Waals surface area contributed by atoms with E-state index < -0.39 is 0 Å². The molecule has 3 heterocycles. The molecule has 1 unspecified atom stereocenters. The molecule has 3 aromatic rings. The number of fused-ring (bicyclic) bond motifs is 1. The van der Waals surface area contributed by atoms with Gasteiger partial charge in [-0.2, -0.15) is 0 Å². The first-order chi connectivity index (χ1) is 11.7. The molecule has 6 nitrogen and oxygen atoms in total. The molecule has 4 rings (SSSR count). The van der Waals surface area contributed by atoms with Crippen molar-refractivity contribution in [2.45, 2.75) is 18.8 Å². The lowest BCUT2D eigenvalue weighted by Crippen LogP contribution is -2.41. The van der Waals surface area contributed by atoms with Gasteiger partial charge in [0.1, 0.15) is 11.1 Å². The van der Waals surface area contributed by atoms with Crippen LogP contribution in [-0.2, 0) is 0 Å². The van der Waals surface area contributed by atoms with Crippen LogP contribution in [0.5, 0.6) is 0 Å². The lowest BCUT2D eigenvalue weighted by molar-refractivity contribution is 0.0697. The van der Waals surface area contributed by atoms with Crippen molar-refractivity contribution >= 4 is 17.0 Å². The highest BCUT2D eigenvalue weighted by atomic mass is 16.3. The lowest BCUT2D eigenvalue weighted by atomic mass is 9.97. The number of amides is 1. The number of likely N-dealkylation sites (tertiary alicyclic amines) is 1. The topological polar surface area (TPSA) is 79.2 Å². The van der Waals surface area contributed by atoms with E-state index in [1.165, 1.54) is 6.20 Å². The van der Waals surface area contributed by atoms with Gasteiger partial charge in [0.25, 0.3) is 11.5 Å². The van der Waals surface area contributed by atoms with Gasteiger partial charge in [-0.05, 0) is 37.1 Å². The van der Waals surface area contributed by atoms with Gasteiger partial charge >= 0.3 is 0 Å². The minimum Gasteiger partial charge on any atom is -0.440 e. The summed E-state index contributed by atoms with van der Waals surface area (Å²) in [6.07, 6.45) is 3.30. The minimum absolute atomic E-state index is 0.0536. The first kappa shape index (κ1) is 14.7. The molecule has 1 amide bonds. The van der Waals surface area contributed by atoms with E-state index in [9.17, 15) is 9.59 Å². The number of rotatable bonds is 2. The molecule has 0 spiro atoms. The van der Waals surface area contributed by atoms with Crippen molar-refractivity contribution in [3.05, 3.63) is 64.4 Å². The molecule has 0 aliphatic carbocycles. The van der Waals surface area contributed by atoms with Crippen molar-refractivity contribution in [3.63, 3.8) is 0 Å². The summed E-state index contributed by atoms with van der Waals surface area (Å²) in [7, 11) is 0. The lowest BCUT2D eigenvalue weighted by Gasteiger charge is -2.31. The van der Waals surface area contributed by atoms with Gasteiger partial charge in [0.2, 0.25) is 0 Å². The summed E-state index contributed by atoms with van der Waals surface area (Å²) in [6.45, 7) is 1.16. The Bertz CT molecular complexity index is 911. The molecule has 24 heavy (non-hydrogen) atoms. The highest BCUT2D eigenvalue weighted by Gasteiger charge is 2.29. The fourth-order valence-corrected chi connectivity index (χ4v) is 3.19. The van der Waals surface area contributed by atoms with Crippen LogP contribution >= 0.6 is 0 Å². The summed E-state index contributed by atoms with van der Waals surface area (Å²) in [4.78, 5) is 33.3. The number of para-hydroxylation sites is 2. The van der Waals surface area contributed by atoms with Gasteiger partial charge in [0, 0.05) is 19.3 Å². The average molecular weight is 323 g/mol. The maximum atomic E-state index is 12.6. The SMILES string of the molecule is O=C(c1ccc[nH]c1=O)N1CCCC(c2nc3ccccc3o2)C1. The molecule has 1 aromatic carbocycles. The summed E-state index contributed by atoms with van der Waals surface area (Å²) < 4.78 is 5.85. The van der Waals surface area contributed by atoms with Crippen LogP contribution in [0.3, 0.4) is 0 Å². The van der Waals surface area contributed by atoms with Crippen molar-refractivity contribution in [3.8, 4) is 0 Å². The van der Waals surface area contributed by atoms with Gasteiger partial charge in [-0.3, -0.25) is 9.59 Å². The molecule has 1 fully saturated rings. The van der Waals surface area contributed by atoms with E-state index in [-0.39, 0.29) is 22.9 Å². The molecule has 6 heteroatoms. The Balaban J connectivity index is 1.58. The zero-order valence-electron chi connectivity index (χ0n) is 13.1. The number of carbonyl (C=O) groups excluding carboxylic acids is 1.